The quantitative estimate of drug-likeness (QED) is 0.784. The average molecular weight is 263 g/mol. The van der Waals surface area contributed by atoms with Crippen molar-refractivity contribution in [3.63, 3.8) is 0 Å². The second kappa shape index (κ2) is 5.24. The molecule has 0 amide bonds. The molecule has 0 fully saturated rings. The molecule has 0 saturated heterocycles. The lowest BCUT2D eigenvalue weighted by Gasteiger charge is -2.37. The van der Waals surface area contributed by atoms with Gasteiger partial charge in [-0.3, -0.25) is 0 Å². The van der Waals surface area contributed by atoms with Gasteiger partial charge in [0.2, 0.25) is 0 Å². The van der Waals surface area contributed by atoms with Crippen LogP contribution in [-0.4, -0.2) is 25.7 Å². The Bertz CT molecular complexity index is 478. The topological polar surface area (TPSA) is 29.5 Å². The highest BCUT2D eigenvalue weighted by molar-refractivity contribution is 5.85. The normalized spacial score (nSPS) is 11.4. The van der Waals surface area contributed by atoms with Crippen LogP contribution in [0.1, 0.15) is 36.1 Å². The fourth-order valence-corrected chi connectivity index (χ4v) is 2.37. The van der Waals surface area contributed by atoms with Crippen molar-refractivity contribution in [2.24, 2.45) is 0 Å². The summed E-state index contributed by atoms with van der Waals surface area (Å²) < 4.78 is 4.92. The van der Waals surface area contributed by atoms with Crippen molar-refractivity contribution < 1.29 is 9.53 Å². The van der Waals surface area contributed by atoms with Crippen molar-refractivity contribution >= 4 is 11.7 Å². The van der Waals surface area contributed by atoms with Crippen LogP contribution in [0.15, 0.2) is 6.07 Å². The highest BCUT2D eigenvalue weighted by Crippen LogP contribution is 2.33. The van der Waals surface area contributed by atoms with Crippen LogP contribution in [0.2, 0.25) is 0 Å². The van der Waals surface area contributed by atoms with E-state index in [-0.39, 0.29) is 5.97 Å². The van der Waals surface area contributed by atoms with E-state index in [2.05, 4.69) is 33.8 Å². The second-order valence-electron chi connectivity index (χ2n) is 5.72. The number of hydrogen-bond donors (Lipinski definition) is 0. The average Bonchev–Trinajstić information content (AvgIpc) is 2.35. The van der Waals surface area contributed by atoms with Crippen molar-refractivity contribution in [3.8, 4) is 0 Å². The van der Waals surface area contributed by atoms with Crippen molar-refractivity contribution in [1.29, 1.82) is 0 Å². The molecular weight excluding hydrogens is 238 g/mol. The number of benzene rings is 1. The third-order valence-corrected chi connectivity index (χ3v) is 4.19. The van der Waals surface area contributed by atoms with Gasteiger partial charge in [-0.15, -0.1) is 0 Å². The van der Waals surface area contributed by atoms with Crippen LogP contribution in [0.4, 0.5) is 5.69 Å². The van der Waals surface area contributed by atoms with E-state index in [1.165, 1.54) is 29.4 Å². The number of rotatable bonds is 3. The fraction of sp³-hybridized carbons (Fsp3) is 0.562. The largest absolute Gasteiger partial charge is 0.467 e. The molecular formula is C16H25NO2. The van der Waals surface area contributed by atoms with E-state index in [0.717, 1.165) is 5.69 Å². The molecule has 19 heavy (non-hydrogen) atoms. The fourth-order valence-electron chi connectivity index (χ4n) is 2.37. The highest BCUT2D eigenvalue weighted by atomic mass is 16.5. The number of nitrogens with zero attached hydrogens (tertiary/aromatic N) is 1. The van der Waals surface area contributed by atoms with Gasteiger partial charge in [-0.2, -0.15) is 0 Å². The van der Waals surface area contributed by atoms with Gasteiger partial charge >= 0.3 is 5.97 Å². The van der Waals surface area contributed by atoms with Crippen LogP contribution < -0.4 is 4.90 Å². The zero-order chi connectivity index (χ0) is 15.0. The minimum atomic E-state index is -0.690. The number of methoxy groups -OCH3 is 1. The molecule has 1 aromatic rings. The Labute approximate surface area is 116 Å². The summed E-state index contributed by atoms with van der Waals surface area (Å²) in [6.45, 7) is 12.2. The summed E-state index contributed by atoms with van der Waals surface area (Å²) >= 11 is 0. The van der Waals surface area contributed by atoms with E-state index in [1.807, 2.05) is 25.8 Å². The Morgan fingerprint density at radius 2 is 1.53 bits per heavy atom. The smallest absolute Gasteiger partial charge is 0.331 e. The SMILES string of the molecule is COC(=O)C(C)(C)N(C)c1c(C)c(C)cc(C)c1C. The Hall–Kier alpha value is -1.51. The van der Waals surface area contributed by atoms with Crippen molar-refractivity contribution in [3.05, 3.63) is 28.3 Å². The van der Waals surface area contributed by atoms with Crippen molar-refractivity contribution in [1.82, 2.24) is 0 Å². The molecule has 0 saturated carbocycles. The van der Waals surface area contributed by atoms with Gasteiger partial charge in [-0.25, -0.2) is 4.79 Å². The van der Waals surface area contributed by atoms with E-state index in [9.17, 15) is 4.79 Å². The number of carbonyl (C=O) groups is 1. The maximum absolute atomic E-state index is 12.0. The maximum Gasteiger partial charge on any atom is 0.331 e. The molecule has 1 aromatic carbocycles. The molecule has 0 aliphatic rings. The zero-order valence-electron chi connectivity index (χ0n) is 13.3. The molecule has 106 valence electrons. The number of anilines is 1. The standard InChI is InChI=1S/C16H25NO2/c1-10-9-11(2)13(4)14(12(10)3)17(7)16(5,6)15(18)19-8/h9H,1-8H3. The Morgan fingerprint density at radius 1 is 1.11 bits per heavy atom. The molecule has 0 unspecified atom stereocenters. The van der Waals surface area contributed by atoms with Gasteiger partial charge in [0.15, 0.2) is 0 Å². The molecule has 0 aliphatic carbocycles. The molecule has 3 heteroatoms. The lowest BCUT2D eigenvalue weighted by Crippen LogP contribution is -2.49. The van der Waals surface area contributed by atoms with E-state index in [4.69, 9.17) is 4.74 Å². The molecule has 0 bridgehead atoms. The van der Waals surface area contributed by atoms with Gasteiger partial charge in [0, 0.05) is 12.7 Å². The molecule has 0 aromatic heterocycles. The maximum atomic E-state index is 12.0. The van der Waals surface area contributed by atoms with Crippen molar-refractivity contribution in [2.45, 2.75) is 47.1 Å². The van der Waals surface area contributed by atoms with Crippen LogP contribution in [0.3, 0.4) is 0 Å². The summed E-state index contributed by atoms with van der Waals surface area (Å²) in [6.07, 6.45) is 0. The predicted molar refractivity (Wildman–Crippen MR) is 79.9 cm³/mol. The first-order valence-corrected chi connectivity index (χ1v) is 6.54. The summed E-state index contributed by atoms with van der Waals surface area (Å²) in [5, 5.41) is 0. The summed E-state index contributed by atoms with van der Waals surface area (Å²) in [5.41, 5.74) is 5.33. The molecule has 3 nitrogen and oxygen atoms in total. The van der Waals surface area contributed by atoms with Crippen LogP contribution in [0, 0.1) is 27.7 Å². The molecule has 0 heterocycles. The van der Waals surface area contributed by atoms with Gasteiger partial charge in [0.1, 0.15) is 5.54 Å². The monoisotopic (exact) mass is 263 g/mol. The summed E-state index contributed by atoms with van der Waals surface area (Å²) in [6, 6.07) is 2.19. The van der Waals surface area contributed by atoms with Crippen LogP contribution in [-0.2, 0) is 9.53 Å². The van der Waals surface area contributed by atoms with Crippen LogP contribution in [0.5, 0.6) is 0 Å². The van der Waals surface area contributed by atoms with E-state index in [1.54, 1.807) is 0 Å². The van der Waals surface area contributed by atoms with E-state index in [0.29, 0.717) is 0 Å². The lowest BCUT2D eigenvalue weighted by molar-refractivity contribution is -0.145. The predicted octanol–water partition coefficient (Wildman–Crippen LogP) is 3.31. The van der Waals surface area contributed by atoms with Gasteiger partial charge < -0.3 is 9.64 Å². The lowest BCUT2D eigenvalue weighted by atomic mass is 9.94. The molecule has 0 radical (unpaired) electrons. The molecule has 0 N–H and O–H groups in total. The Kier molecular flexibility index (Phi) is 4.28. The minimum Gasteiger partial charge on any atom is -0.467 e. The first-order chi connectivity index (χ1) is 8.64. The number of aryl methyl sites for hydroxylation is 2. The number of likely N-dealkylation sites (N-methyl/N-ethyl adjacent to an activating group) is 1. The molecule has 0 aliphatic heterocycles. The van der Waals surface area contributed by atoms with E-state index < -0.39 is 5.54 Å². The molecule has 0 spiro atoms. The number of ether oxygens (including phenoxy) is 1. The number of carbonyl (C=O) groups excluding carboxylic acids is 1. The number of esters is 1. The zero-order valence-corrected chi connectivity index (χ0v) is 13.3. The van der Waals surface area contributed by atoms with Gasteiger partial charge in [-0.1, -0.05) is 6.07 Å². The first-order valence-electron chi connectivity index (χ1n) is 6.54. The highest BCUT2D eigenvalue weighted by Gasteiger charge is 2.35. The third kappa shape index (κ3) is 2.60. The summed E-state index contributed by atoms with van der Waals surface area (Å²) in [7, 11) is 3.38. The third-order valence-electron chi connectivity index (χ3n) is 4.19. The molecule has 1 rings (SSSR count). The Morgan fingerprint density at radius 3 is 1.89 bits per heavy atom. The van der Waals surface area contributed by atoms with Crippen molar-refractivity contribution in [2.75, 3.05) is 19.1 Å². The van der Waals surface area contributed by atoms with Crippen LogP contribution >= 0.6 is 0 Å². The van der Waals surface area contributed by atoms with Gasteiger partial charge in [-0.05, 0) is 63.8 Å². The first kappa shape index (κ1) is 15.5. The summed E-state index contributed by atoms with van der Waals surface area (Å²) in [4.78, 5) is 14.0. The van der Waals surface area contributed by atoms with Gasteiger partial charge in [0.25, 0.3) is 0 Å². The van der Waals surface area contributed by atoms with Crippen LogP contribution in [0.25, 0.3) is 0 Å². The minimum absolute atomic E-state index is 0.229. The second-order valence-corrected chi connectivity index (χ2v) is 5.72. The number of hydrogen-bond acceptors (Lipinski definition) is 3. The molecule has 0 atom stereocenters. The van der Waals surface area contributed by atoms with E-state index >= 15 is 0 Å². The summed E-state index contributed by atoms with van der Waals surface area (Å²) in [5.74, 6) is -0.229. The Balaban J connectivity index is 3.42. The van der Waals surface area contributed by atoms with Gasteiger partial charge in [0.05, 0.1) is 7.11 Å².